The molecule has 6 heteroatoms. The summed E-state index contributed by atoms with van der Waals surface area (Å²) in [5.41, 5.74) is 1.52. The second kappa shape index (κ2) is 7.31. The molecular formula is C15H18ClFN2OS. The Morgan fingerprint density at radius 1 is 1.43 bits per heavy atom. The van der Waals surface area contributed by atoms with Crippen molar-refractivity contribution in [3.8, 4) is 0 Å². The van der Waals surface area contributed by atoms with Crippen LogP contribution in [0.5, 0.6) is 0 Å². The van der Waals surface area contributed by atoms with Gasteiger partial charge in [-0.1, -0.05) is 17.7 Å². The molecule has 0 aliphatic heterocycles. The summed E-state index contributed by atoms with van der Waals surface area (Å²) in [7, 11) is 1.64. The summed E-state index contributed by atoms with van der Waals surface area (Å²) in [6.07, 6.45) is 0. The average Bonchev–Trinajstić information content (AvgIpc) is 2.76. The van der Waals surface area contributed by atoms with Crippen molar-refractivity contribution >= 4 is 22.9 Å². The average molecular weight is 329 g/mol. The van der Waals surface area contributed by atoms with Crippen molar-refractivity contribution in [1.82, 2.24) is 10.3 Å². The molecule has 2 rings (SSSR count). The smallest absolute Gasteiger partial charge is 0.129 e. The second-order valence-corrected chi connectivity index (χ2v) is 6.41. The maximum Gasteiger partial charge on any atom is 0.129 e. The molecule has 1 N–H and O–H groups in total. The number of halogens is 2. The molecular weight excluding hydrogens is 311 g/mol. The van der Waals surface area contributed by atoms with Gasteiger partial charge in [0.2, 0.25) is 0 Å². The van der Waals surface area contributed by atoms with Gasteiger partial charge in [0.25, 0.3) is 0 Å². The van der Waals surface area contributed by atoms with E-state index in [0.29, 0.717) is 23.7 Å². The first-order chi connectivity index (χ1) is 10.0. The van der Waals surface area contributed by atoms with E-state index < -0.39 is 0 Å². The van der Waals surface area contributed by atoms with E-state index in [9.17, 15) is 4.39 Å². The van der Waals surface area contributed by atoms with Gasteiger partial charge in [-0.05, 0) is 26.0 Å². The number of hydrogen-bond donors (Lipinski definition) is 1. The highest BCUT2D eigenvalue weighted by atomic mass is 35.5. The van der Waals surface area contributed by atoms with Crippen molar-refractivity contribution in [3.05, 3.63) is 50.2 Å². The molecule has 0 fully saturated rings. The van der Waals surface area contributed by atoms with Crippen molar-refractivity contribution in [1.29, 1.82) is 0 Å². The maximum absolute atomic E-state index is 14.2. The third kappa shape index (κ3) is 4.01. The summed E-state index contributed by atoms with van der Waals surface area (Å²) >= 11 is 7.40. The number of rotatable bonds is 6. The Bertz CT molecular complexity index is 598. The Morgan fingerprint density at radius 3 is 2.76 bits per heavy atom. The van der Waals surface area contributed by atoms with Crippen molar-refractivity contribution in [2.75, 3.05) is 20.3 Å². The van der Waals surface area contributed by atoms with Crippen LogP contribution in [0.3, 0.4) is 0 Å². The largest absolute Gasteiger partial charge is 0.383 e. The van der Waals surface area contributed by atoms with Crippen LogP contribution in [0.25, 0.3) is 0 Å². The lowest BCUT2D eigenvalue weighted by molar-refractivity contribution is 0.197. The summed E-state index contributed by atoms with van der Waals surface area (Å²) in [6.45, 7) is 5.14. The standard InChI is InChI=1S/C15H18ClFN2OS/c1-9-10(2)21-15(19-9)14(18-6-7-20-3)12-5-4-11(16)8-13(12)17/h4-5,8,14,18H,6-7H2,1-3H3. The molecule has 0 saturated carbocycles. The first-order valence-corrected chi connectivity index (χ1v) is 7.83. The zero-order chi connectivity index (χ0) is 15.4. The Kier molecular flexibility index (Phi) is 5.70. The van der Waals surface area contributed by atoms with Crippen molar-refractivity contribution in [2.24, 2.45) is 0 Å². The van der Waals surface area contributed by atoms with Gasteiger partial charge in [0.15, 0.2) is 0 Å². The number of nitrogens with zero attached hydrogens (tertiary/aromatic N) is 1. The predicted molar refractivity (Wildman–Crippen MR) is 84.7 cm³/mol. The normalized spacial score (nSPS) is 12.6. The molecule has 2 aromatic rings. The molecule has 0 aliphatic carbocycles. The number of hydrogen-bond acceptors (Lipinski definition) is 4. The van der Waals surface area contributed by atoms with E-state index in [-0.39, 0.29) is 11.9 Å². The Morgan fingerprint density at radius 2 is 2.19 bits per heavy atom. The molecule has 1 aromatic heterocycles. The van der Waals surface area contributed by atoms with Gasteiger partial charge in [-0.3, -0.25) is 0 Å². The van der Waals surface area contributed by atoms with Gasteiger partial charge >= 0.3 is 0 Å². The Balaban J connectivity index is 2.35. The van der Waals surface area contributed by atoms with Gasteiger partial charge in [-0.2, -0.15) is 0 Å². The number of thiazole rings is 1. The second-order valence-electron chi connectivity index (χ2n) is 4.74. The molecule has 0 saturated heterocycles. The topological polar surface area (TPSA) is 34.1 Å². The van der Waals surface area contributed by atoms with E-state index in [4.69, 9.17) is 16.3 Å². The number of nitrogens with one attached hydrogen (secondary N) is 1. The fraction of sp³-hybridized carbons (Fsp3) is 0.400. The molecule has 3 nitrogen and oxygen atoms in total. The molecule has 1 atom stereocenters. The van der Waals surface area contributed by atoms with E-state index in [1.165, 1.54) is 6.07 Å². The molecule has 0 aliphatic rings. The first kappa shape index (κ1) is 16.4. The van der Waals surface area contributed by atoms with Crippen LogP contribution in [0, 0.1) is 19.7 Å². The molecule has 1 aromatic carbocycles. The van der Waals surface area contributed by atoms with Crippen LogP contribution in [0.15, 0.2) is 18.2 Å². The van der Waals surface area contributed by atoms with Gasteiger partial charge in [-0.25, -0.2) is 9.37 Å². The van der Waals surface area contributed by atoms with Gasteiger partial charge in [-0.15, -0.1) is 11.3 Å². The monoisotopic (exact) mass is 328 g/mol. The van der Waals surface area contributed by atoms with Crippen LogP contribution in [0.2, 0.25) is 5.02 Å². The Labute approximate surface area is 133 Å². The van der Waals surface area contributed by atoms with Gasteiger partial charge in [0.1, 0.15) is 10.8 Å². The zero-order valence-electron chi connectivity index (χ0n) is 12.2. The number of ether oxygens (including phenoxy) is 1. The van der Waals surface area contributed by atoms with Crippen LogP contribution in [0.1, 0.15) is 27.2 Å². The SMILES string of the molecule is COCCNC(c1nc(C)c(C)s1)c1ccc(Cl)cc1F. The molecule has 0 bridgehead atoms. The minimum absolute atomic E-state index is 0.296. The Hall–Kier alpha value is -1.01. The maximum atomic E-state index is 14.2. The van der Waals surface area contributed by atoms with Gasteiger partial charge in [0, 0.05) is 29.1 Å². The van der Waals surface area contributed by atoms with Crippen molar-refractivity contribution in [3.63, 3.8) is 0 Å². The van der Waals surface area contributed by atoms with Gasteiger partial charge in [0.05, 0.1) is 18.3 Å². The highest BCUT2D eigenvalue weighted by Gasteiger charge is 2.21. The predicted octanol–water partition coefficient (Wildman–Crippen LogP) is 3.88. The molecule has 1 heterocycles. The third-order valence-electron chi connectivity index (χ3n) is 3.22. The van der Waals surface area contributed by atoms with E-state index in [1.54, 1.807) is 30.6 Å². The molecule has 0 radical (unpaired) electrons. The zero-order valence-corrected chi connectivity index (χ0v) is 13.8. The minimum Gasteiger partial charge on any atom is -0.383 e. The van der Waals surface area contributed by atoms with Crippen LogP contribution in [-0.2, 0) is 4.74 Å². The molecule has 0 spiro atoms. The van der Waals surface area contributed by atoms with Crippen molar-refractivity contribution < 1.29 is 9.13 Å². The summed E-state index contributed by atoms with van der Waals surface area (Å²) in [5, 5.41) is 4.53. The highest BCUT2D eigenvalue weighted by Crippen LogP contribution is 2.30. The quantitative estimate of drug-likeness (QED) is 0.817. The third-order valence-corrected chi connectivity index (χ3v) is 4.59. The van der Waals surface area contributed by atoms with E-state index >= 15 is 0 Å². The van der Waals surface area contributed by atoms with Crippen LogP contribution in [0.4, 0.5) is 4.39 Å². The number of benzene rings is 1. The number of aromatic nitrogens is 1. The minimum atomic E-state index is -0.331. The molecule has 1 unspecified atom stereocenters. The summed E-state index contributed by atoms with van der Waals surface area (Å²) in [6, 6.07) is 4.43. The molecule has 0 amide bonds. The summed E-state index contributed by atoms with van der Waals surface area (Å²) in [5.74, 6) is -0.331. The van der Waals surface area contributed by atoms with Crippen LogP contribution < -0.4 is 5.32 Å². The lowest BCUT2D eigenvalue weighted by Crippen LogP contribution is -2.26. The van der Waals surface area contributed by atoms with Crippen LogP contribution >= 0.6 is 22.9 Å². The number of aryl methyl sites for hydroxylation is 2. The molecule has 114 valence electrons. The highest BCUT2D eigenvalue weighted by molar-refractivity contribution is 7.11. The van der Waals surface area contributed by atoms with E-state index in [1.807, 2.05) is 13.8 Å². The van der Waals surface area contributed by atoms with Crippen LogP contribution in [-0.4, -0.2) is 25.2 Å². The summed E-state index contributed by atoms with van der Waals surface area (Å²) in [4.78, 5) is 5.68. The van der Waals surface area contributed by atoms with E-state index in [2.05, 4.69) is 10.3 Å². The fourth-order valence-electron chi connectivity index (χ4n) is 1.99. The lowest BCUT2D eigenvalue weighted by Gasteiger charge is -2.17. The summed E-state index contributed by atoms with van der Waals surface area (Å²) < 4.78 is 19.3. The number of methoxy groups -OCH3 is 1. The fourth-order valence-corrected chi connectivity index (χ4v) is 3.17. The lowest BCUT2D eigenvalue weighted by atomic mass is 10.1. The van der Waals surface area contributed by atoms with E-state index in [0.717, 1.165) is 15.6 Å². The first-order valence-electron chi connectivity index (χ1n) is 6.64. The van der Waals surface area contributed by atoms with Crippen molar-refractivity contribution in [2.45, 2.75) is 19.9 Å². The molecule has 21 heavy (non-hydrogen) atoms. The van der Waals surface area contributed by atoms with Gasteiger partial charge < -0.3 is 10.1 Å².